The molecule has 88 heavy (non-hydrogen) atoms. The van der Waals surface area contributed by atoms with E-state index in [1.165, 1.54) is 156 Å². The van der Waals surface area contributed by atoms with Crippen LogP contribution >= 0.6 is 0 Å². The Hall–Kier alpha value is -4.47. The van der Waals surface area contributed by atoms with Crippen molar-refractivity contribution in [3.8, 4) is 0 Å². The Morgan fingerprint density at radius 3 is 0.705 bits per heavy atom. The van der Waals surface area contributed by atoms with E-state index in [0.29, 0.717) is 0 Å². The summed E-state index contributed by atoms with van der Waals surface area (Å²) in [5.74, 6) is 0. The molecule has 0 atom stereocenters. The Morgan fingerprint density at radius 2 is 0.466 bits per heavy atom. The Morgan fingerprint density at radius 1 is 0.239 bits per heavy atom. The van der Waals surface area contributed by atoms with Crippen LogP contribution in [-0.4, -0.2) is 32.3 Å². The number of nitrogens with zero attached hydrogens (tertiary/aromatic N) is 2. The molecular formula is C82H124N2Si4. The smallest absolute Gasteiger partial charge is 0.0860 e. The van der Waals surface area contributed by atoms with Crippen molar-refractivity contribution >= 4 is 109 Å². The van der Waals surface area contributed by atoms with Gasteiger partial charge >= 0.3 is 0 Å². The maximum Gasteiger partial charge on any atom is 0.0860 e. The van der Waals surface area contributed by atoms with Gasteiger partial charge in [-0.05, 0) is 109 Å². The molecule has 0 aliphatic carbocycles. The monoisotopic (exact) mass is 1250 g/mol. The molecule has 7 aromatic carbocycles. The van der Waals surface area contributed by atoms with Gasteiger partial charge in [0.05, 0.1) is 43.7 Å². The minimum atomic E-state index is -1.94. The number of anilines is 6. The van der Waals surface area contributed by atoms with Crippen LogP contribution in [-0.2, 0) is 27.1 Å². The molecule has 478 valence electrons. The van der Waals surface area contributed by atoms with Crippen molar-refractivity contribution in [3.05, 3.63) is 143 Å². The molecule has 7 aromatic rings. The van der Waals surface area contributed by atoms with Gasteiger partial charge in [-0.25, -0.2) is 0 Å². The van der Waals surface area contributed by atoms with Crippen molar-refractivity contribution in [2.24, 2.45) is 0 Å². The summed E-state index contributed by atoms with van der Waals surface area (Å²) in [6.45, 7) is 66.4. The second-order valence-electron chi connectivity index (χ2n) is 32.4. The minimum Gasteiger partial charge on any atom is -0.309 e. The van der Waals surface area contributed by atoms with E-state index < -0.39 is 32.3 Å². The molecule has 0 saturated carbocycles. The maximum atomic E-state index is 2.84. The van der Waals surface area contributed by atoms with Crippen LogP contribution in [0, 0.1) is 0 Å². The van der Waals surface area contributed by atoms with Gasteiger partial charge in [-0.2, -0.15) is 0 Å². The zero-order valence-electron chi connectivity index (χ0n) is 61.3. The molecule has 7 rings (SSSR count). The van der Waals surface area contributed by atoms with Gasteiger partial charge in [0.25, 0.3) is 0 Å². The van der Waals surface area contributed by atoms with Gasteiger partial charge in [0.1, 0.15) is 0 Å². The van der Waals surface area contributed by atoms with Crippen molar-refractivity contribution < 1.29 is 0 Å². The molecule has 2 nitrogen and oxygen atoms in total. The molecule has 0 spiro atoms. The van der Waals surface area contributed by atoms with Crippen LogP contribution in [0.15, 0.2) is 115 Å². The number of rotatable bonds is 22. The fourth-order valence-corrected chi connectivity index (χ4v) is 30.1. The van der Waals surface area contributed by atoms with E-state index >= 15 is 0 Å². The number of hydrogen-bond acceptors (Lipinski definition) is 2. The van der Waals surface area contributed by atoms with Gasteiger partial charge in [0.2, 0.25) is 0 Å². The molecular weight excluding hydrogens is 1130 g/mol. The molecule has 0 radical (unpaired) electrons. The van der Waals surface area contributed by atoms with Gasteiger partial charge in [-0.3, -0.25) is 0 Å². The lowest BCUT2D eigenvalue weighted by molar-refractivity contribution is 0.568. The SMILES string of the molecule is CC[Si](CC)(CC)c1cc(N(c2cc(C(C)(C)C)cc(C(C)(C)C)c2)c2c3ccccc3c(N(c3cc(C(C)(C)C)cc(C(C)(C)C)c3)c3cc([Si](CC)(CC)CC)cc([Si](CC)(CC)CC)c3)c3cc(C(C)(C)C)ccc23)cc([Si](CC)(CC)CC)c1. The van der Waals surface area contributed by atoms with Gasteiger partial charge in [0.15, 0.2) is 0 Å². The maximum absolute atomic E-state index is 2.84. The molecule has 0 amide bonds. The molecule has 6 heteroatoms. The molecule has 0 saturated heterocycles. The summed E-state index contributed by atoms with van der Waals surface area (Å²) in [4.78, 5) is 5.67. The summed E-state index contributed by atoms with van der Waals surface area (Å²) in [6, 6.07) is 64.4. The van der Waals surface area contributed by atoms with Crippen molar-refractivity contribution in [3.63, 3.8) is 0 Å². The fraction of sp³-hybridized carbons (Fsp3) is 0.537. The van der Waals surface area contributed by atoms with Crippen LogP contribution in [0.4, 0.5) is 34.1 Å². The lowest BCUT2D eigenvalue weighted by atomic mass is 9.80. The van der Waals surface area contributed by atoms with E-state index in [4.69, 9.17) is 0 Å². The Labute approximate surface area is 544 Å². The van der Waals surface area contributed by atoms with Crippen molar-refractivity contribution in [2.75, 3.05) is 9.80 Å². The second-order valence-corrected chi connectivity index (χ2v) is 53.4. The minimum absolute atomic E-state index is 0.0867. The Kier molecular flexibility index (Phi) is 21.5. The van der Waals surface area contributed by atoms with Gasteiger partial charge < -0.3 is 9.80 Å². The molecule has 0 aromatic heterocycles. The average molecular weight is 1250 g/mol. The number of benzene rings is 7. The second kappa shape index (κ2) is 26.6. The van der Waals surface area contributed by atoms with E-state index in [1.807, 2.05) is 0 Å². The Bertz CT molecular complexity index is 3380. The van der Waals surface area contributed by atoms with E-state index in [-0.39, 0.29) is 27.1 Å². The summed E-state index contributed by atoms with van der Waals surface area (Å²) in [6.07, 6.45) is 0. The molecule has 0 heterocycles. The first-order chi connectivity index (χ1) is 41.1. The molecule has 0 aliphatic heterocycles. The summed E-state index contributed by atoms with van der Waals surface area (Å²) in [5, 5.41) is 11.8. The third-order valence-corrected chi connectivity index (χ3v) is 45.3. The third-order valence-electron chi connectivity index (χ3n) is 23.0. The van der Waals surface area contributed by atoms with E-state index in [1.54, 1.807) is 20.7 Å². The Balaban J connectivity index is 1.89. The predicted octanol–water partition coefficient (Wildman–Crippen LogP) is 24.3. The van der Waals surface area contributed by atoms with Crippen LogP contribution in [0.2, 0.25) is 72.5 Å². The van der Waals surface area contributed by atoms with E-state index in [2.05, 4.69) is 312 Å². The van der Waals surface area contributed by atoms with Crippen LogP contribution < -0.4 is 30.5 Å². The highest BCUT2D eigenvalue weighted by Gasteiger charge is 2.39. The number of hydrogen-bond donors (Lipinski definition) is 0. The molecule has 0 aliphatic rings. The van der Waals surface area contributed by atoms with Crippen LogP contribution in [0.1, 0.15) is 215 Å². The summed E-state index contributed by atoms with van der Waals surface area (Å²) < 4.78 is 0. The summed E-state index contributed by atoms with van der Waals surface area (Å²) in [7, 11) is -7.74. The summed E-state index contributed by atoms with van der Waals surface area (Å²) >= 11 is 0. The van der Waals surface area contributed by atoms with Crippen molar-refractivity contribution in [1.29, 1.82) is 0 Å². The van der Waals surface area contributed by atoms with Crippen molar-refractivity contribution in [1.82, 2.24) is 0 Å². The first-order valence-electron chi connectivity index (χ1n) is 35.3. The average Bonchev–Trinajstić information content (AvgIpc) is 1.16. The zero-order valence-corrected chi connectivity index (χ0v) is 65.3. The summed E-state index contributed by atoms with van der Waals surface area (Å²) in [5.41, 5.74) is 14.2. The van der Waals surface area contributed by atoms with Crippen LogP contribution in [0.25, 0.3) is 21.5 Å². The van der Waals surface area contributed by atoms with Crippen molar-refractivity contribution in [2.45, 2.75) is 287 Å². The number of fused-ring (bicyclic) bond motifs is 2. The molecule has 0 unspecified atom stereocenters. The standard InChI is InChI=1S/C82H124N2Si4/c1-28-85(29-2,30-3)68-53-66(54-69(57-68)86(31-4,32-5)33-6)83(64-48-60(79(16,17)18)46-61(49-64)80(19,20)21)76-72-42-40-41-43-73(72)77(75-52-59(78(13,14)15)44-45-74(75)76)84(65-50-62(81(22,23)24)47-63(51-65)82(25,26)27)67-55-70(87(34-7,35-8)36-9)58-71(56-67)88(37-10,38-11)39-12/h40-58H,28-39H2,1-27H3. The molecule has 0 N–H and O–H groups in total. The largest absolute Gasteiger partial charge is 0.309 e. The van der Waals surface area contributed by atoms with E-state index in [0.717, 1.165) is 0 Å². The third kappa shape index (κ3) is 13.5. The predicted molar refractivity (Wildman–Crippen MR) is 412 cm³/mol. The van der Waals surface area contributed by atoms with E-state index in [9.17, 15) is 0 Å². The first kappa shape index (κ1) is 71.0. The zero-order chi connectivity index (χ0) is 65.5. The first-order valence-corrected chi connectivity index (χ1v) is 45.8. The lowest BCUT2D eigenvalue weighted by Crippen LogP contribution is -2.52. The highest BCUT2D eigenvalue weighted by atomic mass is 28.3. The molecule has 0 fully saturated rings. The lowest BCUT2D eigenvalue weighted by Gasteiger charge is -2.39. The normalized spacial score (nSPS) is 13.5. The van der Waals surface area contributed by atoms with Gasteiger partial charge in [-0.15, -0.1) is 0 Å². The highest BCUT2D eigenvalue weighted by molar-refractivity contribution is 6.95. The van der Waals surface area contributed by atoms with Gasteiger partial charge in [-0.1, -0.05) is 341 Å². The highest BCUT2D eigenvalue weighted by Crippen LogP contribution is 2.54. The van der Waals surface area contributed by atoms with Gasteiger partial charge in [0, 0.05) is 44.3 Å². The fourth-order valence-electron chi connectivity index (χ4n) is 15.3. The van der Waals surface area contributed by atoms with Crippen LogP contribution in [0.3, 0.4) is 0 Å². The van der Waals surface area contributed by atoms with Crippen LogP contribution in [0.5, 0.6) is 0 Å². The topological polar surface area (TPSA) is 6.48 Å². The molecule has 0 bridgehead atoms. The quantitative estimate of drug-likeness (QED) is 0.0379.